The quantitative estimate of drug-likeness (QED) is 0.742. The van der Waals surface area contributed by atoms with Crippen LogP contribution in [0.5, 0.6) is 0 Å². The monoisotopic (exact) mass is 365 g/mol. The van der Waals surface area contributed by atoms with E-state index in [1.165, 1.54) is 6.07 Å². The summed E-state index contributed by atoms with van der Waals surface area (Å²) < 4.78 is 29.1. The maximum atomic E-state index is 13.7. The first-order valence-electron chi connectivity index (χ1n) is 8.51. The summed E-state index contributed by atoms with van der Waals surface area (Å²) in [6, 6.07) is 3.50. The highest BCUT2D eigenvalue weighted by Gasteiger charge is 2.24. The Bertz CT molecular complexity index is 769. The molecular formula is C17H21F2N5O2. The van der Waals surface area contributed by atoms with Gasteiger partial charge in [0, 0.05) is 6.54 Å². The van der Waals surface area contributed by atoms with E-state index < -0.39 is 29.2 Å². The van der Waals surface area contributed by atoms with Crippen LogP contribution in [0, 0.1) is 18.6 Å². The second kappa shape index (κ2) is 7.88. The van der Waals surface area contributed by atoms with E-state index in [1.807, 2.05) is 0 Å². The molecule has 7 nitrogen and oxygen atoms in total. The first kappa shape index (κ1) is 18.4. The summed E-state index contributed by atoms with van der Waals surface area (Å²) >= 11 is 0. The summed E-state index contributed by atoms with van der Waals surface area (Å²) in [5.41, 5.74) is 0.300. The maximum absolute atomic E-state index is 13.7. The molecule has 1 saturated heterocycles. The maximum Gasteiger partial charge on any atom is 0.273 e. The molecule has 9 heteroatoms. The van der Waals surface area contributed by atoms with Crippen LogP contribution >= 0.6 is 0 Å². The highest BCUT2D eigenvalue weighted by atomic mass is 19.1. The Kier molecular flexibility index (Phi) is 5.58. The average Bonchev–Trinajstić information content (AvgIpc) is 3.02. The molecule has 1 fully saturated rings. The SMILES string of the molecule is Cc1c(C(=O)NCC(O)c2c(F)cccc2F)nnn1C1CCNCC1. The molecule has 1 aliphatic heterocycles. The van der Waals surface area contributed by atoms with Gasteiger partial charge >= 0.3 is 0 Å². The zero-order valence-electron chi connectivity index (χ0n) is 14.4. The standard InChI is InChI=1S/C17H21F2N5O2/c1-10-16(22-23-24(10)11-5-7-20-8-6-11)17(26)21-9-14(25)15-12(18)3-2-4-13(15)19/h2-4,11,14,20,25H,5-9H2,1H3,(H,21,26). The van der Waals surface area contributed by atoms with E-state index in [0.29, 0.717) is 5.69 Å². The molecule has 0 radical (unpaired) electrons. The van der Waals surface area contributed by atoms with E-state index in [1.54, 1.807) is 11.6 Å². The van der Waals surface area contributed by atoms with Gasteiger partial charge in [-0.05, 0) is 45.0 Å². The van der Waals surface area contributed by atoms with Crippen molar-refractivity contribution in [2.75, 3.05) is 19.6 Å². The topological polar surface area (TPSA) is 92.1 Å². The number of nitrogens with zero attached hydrogens (tertiary/aromatic N) is 3. The number of hydrogen-bond acceptors (Lipinski definition) is 5. The second-order valence-corrected chi connectivity index (χ2v) is 6.31. The van der Waals surface area contributed by atoms with Gasteiger partial charge in [-0.1, -0.05) is 11.3 Å². The van der Waals surface area contributed by atoms with Crippen LogP contribution in [0.1, 0.15) is 46.7 Å². The fourth-order valence-electron chi connectivity index (χ4n) is 3.15. The summed E-state index contributed by atoms with van der Waals surface area (Å²) in [6.45, 7) is 3.18. The molecule has 26 heavy (non-hydrogen) atoms. The van der Waals surface area contributed by atoms with Crippen LogP contribution in [0.4, 0.5) is 8.78 Å². The highest BCUT2D eigenvalue weighted by Crippen LogP contribution is 2.21. The Morgan fingerprint density at radius 3 is 2.69 bits per heavy atom. The molecule has 0 bridgehead atoms. The van der Waals surface area contributed by atoms with Crippen molar-refractivity contribution in [3.63, 3.8) is 0 Å². The van der Waals surface area contributed by atoms with Crippen molar-refractivity contribution >= 4 is 5.91 Å². The number of aromatic nitrogens is 3. The summed E-state index contributed by atoms with van der Waals surface area (Å²) in [5, 5.41) is 23.7. The van der Waals surface area contributed by atoms with Gasteiger partial charge in [-0.3, -0.25) is 4.79 Å². The third kappa shape index (κ3) is 3.73. The average molecular weight is 365 g/mol. The van der Waals surface area contributed by atoms with Crippen molar-refractivity contribution in [3.8, 4) is 0 Å². The van der Waals surface area contributed by atoms with E-state index >= 15 is 0 Å². The first-order valence-corrected chi connectivity index (χ1v) is 8.51. The minimum absolute atomic E-state index is 0.143. The minimum atomic E-state index is -1.50. The third-order valence-corrected chi connectivity index (χ3v) is 4.59. The first-order chi connectivity index (χ1) is 12.5. The molecule has 1 amide bonds. The van der Waals surface area contributed by atoms with Gasteiger partial charge < -0.3 is 15.7 Å². The lowest BCUT2D eigenvalue weighted by Crippen LogP contribution is -2.31. The predicted octanol–water partition coefficient (Wildman–Crippen LogP) is 1.25. The molecule has 1 aliphatic rings. The normalized spacial score (nSPS) is 16.5. The number of aliphatic hydroxyl groups excluding tert-OH is 1. The number of nitrogens with one attached hydrogen (secondary N) is 2. The van der Waals surface area contributed by atoms with Crippen LogP contribution in [0.25, 0.3) is 0 Å². The molecule has 0 saturated carbocycles. The van der Waals surface area contributed by atoms with E-state index in [-0.39, 0.29) is 18.3 Å². The number of carbonyl (C=O) groups is 1. The zero-order valence-corrected chi connectivity index (χ0v) is 14.4. The minimum Gasteiger partial charge on any atom is -0.386 e. The van der Waals surface area contributed by atoms with Crippen LogP contribution in [0.3, 0.4) is 0 Å². The summed E-state index contributed by atoms with van der Waals surface area (Å²) in [7, 11) is 0. The Morgan fingerprint density at radius 2 is 2.04 bits per heavy atom. The number of rotatable bonds is 5. The molecule has 1 unspecified atom stereocenters. The van der Waals surface area contributed by atoms with Gasteiger partial charge in [-0.25, -0.2) is 13.5 Å². The predicted molar refractivity (Wildman–Crippen MR) is 89.6 cm³/mol. The van der Waals surface area contributed by atoms with Crippen molar-refractivity contribution in [2.24, 2.45) is 0 Å². The van der Waals surface area contributed by atoms with Crippen LogP contribution in [-0.4, -0.2) is 45.6 Å². The van der Waals surface area contributed by atoms with Crippen molar-refractivity contribution in [1.29, 1.82) is 0 Å². The number of halogens is 2. The van der Waals surface area contributed by atoms with E-state index in [2.05, 4.69) is 20.9 Å². The molecule has 3 N–H and O–H groups in total. The summed E-state index contributed by atoms with van der Waals surface area (Å²) in [4.78, 5) is 12.3. The summed E-state index contributed by atoms with van der Waals surface area (Å²) in [6.07, 6.45) is 0.299. The lowest BCUT2D eigenvalue weighted by Gasteiger charge is -2.23. The number of benzene rings is 1. The number of piperidine rings is 1. The summed E-state index contributed by atoms with van der Waals surface area (Å²) in [5.74, 6) is -2.27. The molecule has 0 spiro atoms. The van der Waals surface area contributed by atoms with Gasteiger partial charge in [-0.15, -0.1) is 5.10 Å². The van der Waals surface area contributed by atoms with Gasteiger partial charge in [0.25, 0.3) is 5.91 Å². The third-order valence-electron chi connectivity index (χ3n) is 4.59. The number of aliphatic hydroxyl groups is 1. The molecule has 2 heterocycles. The van der Waals surface area contributed by atoms with Crippen molar-refractivity contribution in [1.82, 2.24) is 25.6 Å². The number of carbonyl (C=O) groups excluding carboxylic acids is 1. The Hall–Kier alpha value is -2.39. The molecule has 0 aliphatic carbocycles. The number of amides is 1. The van der Waals surface area contributed by atoms with Crippen molar-refractivity contribution in [3.05, 3.63) is 46.8 Å². The smallest absolute Gasteiger partial charge is 0.273 e. The largest absolute Gasteiger partial charge is 0.386 e. The highest BCUT2D eigenvalue weighted by molar-refractivity contribution is 5.93. The van der Waals surface area contributed by atoms with Gasteiger partial charge in [0.1, 0.15) is 17.7 Å². The molecule has 1 atom stereocenters. The van der Waals surface area contributed by atoms with Crippen molar-refractivity contribution in [2.45, 2.75) is 31.9 Å². The molecule has 2 aromatic rings. The van der Waals surface area contributed by atoms with E-state index in [9.17, 15) is 18.7 Å². The Balaban J connectivity index is 1.66. The van der Waals surface area contributed by atoms with Gasteiger partial charge in [0.05, 0.1) is 17.3 Å². The van der Waals surface area contributed by atoms with Gasteiger partial charge in [-0.2, -0.15) is 0 Å². The zero-order chi connectivity index (χ0) is 18.7. The van der Waals surface area contributed by atoms with Gasteiger partial charge in [0.15, 0.2) is 5.69 Å². The Morgan fingerprint density at radius 1 is 1.38 bits per heavy atom. The van der Waals surface area contributed by atoms with Crippen LogP contribution in [0.2, 0.25) is 0 Å². The van der Waals surface area contributed by atoms with Crippen LogP contribution < -0.4 is 10.6 Å². The lowest BCUT2D eigenvalue weighted by molar-refractivity contribution is 0.0905. The molecule has 1 aromatic heterocycles. The fourth-order valence-corrected chi connectivity index (χ4v) is 3.15. The van der Waals surface area contributed by atoms with E-state index in [4.69, 9.17) is 0 Å². The fraction of sp³-hybridized carbons (Fsp3) is 0.471. The van der Waals surface area contributed by atoms with Crippen LogP contribution in [-0.2, 0) is 0 Å². The molecule has 140 valence electrons. The van der Waals surface area contributed by atoms with Crippen molar-refractivity contribution < 1.29 is 18.7 Å². The lowest BCUT2D eigenvalue weighted by atomic mass is 10.1. The number of hydrogen-bond donors (Lipinski definition) is 3. The van der Waals surface area contributed by atoms with E-state index in [0.717, 1.165) is 38.1 Å². The molecule has 3 rings (SSSR count). The van der Waals surface area contributed by atoms with Gasteiger partial charge in [0.2, 0.25) is 0 Å². The molecule has 1 aromatic carbocycles. The Labute approximate surface area is 149 Å². The second-order valence-electron chi connectivity index (χ2n) is 6.31. The molecular weight excluding hydrogens is 344 g/mol. The van der Waals surface area contributed by atoms with Crippen LogP contribution in [0.15, 0.2) is 18.2 Å².